The first kappa shape index (κ1) is 15.9. The zero-order valence-electron chi connectivity index (χ0n) is 12.7. The van der Waals surface area contributed by atoms with E-state index in [9.17, 15) is 0 Å². The lowest BCUT2D eigenvalue weighted by Crippen LogP contribution is -2.28. The number of aryl methyl sites for hydroxylation is 1. The highest BCUT2D eigenvalue weighted by molar-refractivity contribution is 5.42. The van der Waals surface area contributed by atoms with Gasteiger partial charge in [0.15, 0.2) is 0 Å². The molecule has 0 atom stereocenters. The maximum Gasteiger partial charge on any atom is 0.129 e. The molecule has 0 amide bonds. The minimum atomic E-state index is 0.731. The predicted molar refractivity (Wildman–Crippen MR) is 80.8 cm³/mol. The molecule has 1 heterocycles. The van der Waals surface area contributed by atoms with Gasteiger partial charge in [-0.3, -0.25) is 0 Å². The third kappa shape index (κ3) is 5.17. The Bertz CT molecular complexity index is 368. The molecule has 4 heteroatoms. The molecule has 0 saturated heterocycles. The first-order chi connectivity index (χ1) is 9.24. The number of hydrogen-bond acceptors (Lipinski definition) is 4. The lowest BCUT2D eigenvalue weighted by atomic mass is 10.2. The van der Waals surface area contributed by atoms with Gasteiger partial charge >= 0.3 is 0 Å². The fourth-order valence-electron chi connectivity index (χ4n) is 1.98. The summed E-state index contributed by atoms with van der Waals surface area (Å²) in [6.07, 6.45) is 0.967. The van der Waals surface area contributed by atoms with Crippen molar-refractivity contribution in [2.75, 3.05) is 38.3 Å². The molecule has 19 heavy (non-hydrogen) atoms. The van der Waals surface area contributed by atoms with Gasteiger partial charge in [-0.1, -0.05) is 13.8 Å². The van der Waals surface area contributed by atoms with Crippen LogP contribution in [0.4, 0.5) is 5.82 Å². The first-order valence-corrected chi connectivity index (χ1v) is 7.19. The molecule has 4 nitrogen and oxygen atoms in total. The molecule has 0 bridgehead atoms. The third-order valence-corrected chi connectivity index (χ3v) is 3.14. The van der Waals surface area contributed by atoms with Crippen molar-refractivity contribution < 1.29 is 4.74 Å². The highest BCUT2D eigenvalue weighted by Gasteiger charge is 2.08. The van der Waals surface area contributed by atoms with E-state index in [1.54, 1.807) is 7.11 Å². The Balaban J connectivity index is 2.89. The van der Waals surface area contributed by atoms with Crippen LogP contribution >= 0.6 is 0 Å². The van der Waals surface area contributed by atoms with Gasteiger partial charge in [0.25, 0.3) is 0 Å². The quantitative estimate of drug-likeness (QED) is 0.743. The van der Waals surface area contributed by atoms with Crippen molar-refractivity contribution in [2.24, 2.45) is 0 Å². The number of nitrogens with zero attached hydrogens (tertiary/aromatic N) is 2. The molecule has 0 unspecified atom stereocenters. The standard InChI is InChI=1S/C15H27N3O/c1-5-14-10-13(12-16-6-2)11-15(17-14)18(7-3)8-9-19-4/h10-11,16H,5-9,12H2,1-4H3. The third-order valence-electron chi connectivity index (χ3n) is 3.14. The molecule has 0 spiro atoms. The lowest BCUT2D eigenvalue weighted by Gasteiger charge is -2.23. The summed E-state index contributed by atoms with van der Waals surface area (Å²) in [6, 6.07) is 4.37. The predicted octanol–water partition coefficient (Wildman–Crippen LogP) is 2.23. The van der Waals surface area contributed by atoms with Crippen molar-refractivity contribution >= 4 is 5.82 Å². The van der Waals surface area contributed by atoms with Crippen molar-refractivity contribution in [3.05, 3.63) is 23.4 Å². The largest absolute Gasteiger partial charge is 0.383 e. The van der Waals surface area contributed by atoms with E-state index in [-0.39, 0.29) is 0 Å². The summed E-state index contributed by atoms with van der Waals surface area (Å²) < 4.78 is 5.17. The molecule has 0 saturated carbocycles. The molecule has 1 rings (SSSR count). The van der Waals surface area contributed by atoms with Gasteiger partial charge in [0.2, 0.25) is 0 Å². The molecule has 108 valence electrons. The van der Waals surface area contributed by atoms with E-state index in [4.69, 9.17) is 9.72 Å². The minimum Gasteiger partial charge on any atom is -0.383 e. The van der Waals surface area contributed by atoms with E-state index < -0.39 is 0 Å². The van der Waals surface area contributed by atoms with E-state index in [0.717, 1.165) is 50.7 Å². The summed E-state index contributed by atoms with van der Waals surface area (Å²) in [7, 11) is 1.74. The lowest BCUT2D eigenvalue weighted by molar-refractivity contribution is 0.205. The van der Waals surface area contributed by atoms with Crippen LogP contribution in [-0.2, 0) is 17.7 Å². The number of nitrogens with one attached hydrogen (secondary N) is 1. The Morgan fingerprint density at radius 2 is 2.05 bits per heavy atom. The van der Waals surface area contributed by atoms with E-state index in [2.05, 4.69) is 43.1 Å². The monoisotopic (exact) mass is 265 g/mol. The van der Waals surface area contributed by atoms with Crippen LogP contribution in [0.2, 0.25) is 0 Å². The van der Waals surface area contributed by atoms with E-state index in [1.807, 2.05) is 0 Å². The zero-order chi connectivity index (χ0) is 14.1. The molecule has 0 aromatic carbocycles. The van der Waals surface area contributed by atoms with Crippen LogP contribution in [0.15, 0.2) is 12.1 Å². The number of aromatic nitrogens is 1. The number of pyridine rings is 1. The van der Waals surface area contributed by atoms with Gasteiger partial charge in [0.1, 0.15) is 5.82 Å². The number of hydrogen-bond donors (Lipinski definition) is 1. The molecule has 0 aliphatic carbocycles. The number of methoxy groups -OCH3 is 1. The summed E-state index contributed by atoms with van der Waals surface area (Å²) in [5.41, 5.74) is 2.46. The van der Waals surface area contributed by atoms with E-state index >= 15 is 0 Å². The molecule has 1 N–H and O–H groups in total. The second kappa shape index (κ2) is 8.88. The van der Waals surface area contributed by atoms with Gasteiger partial charge in [-0.25, -0.2) is 4.98 Å². The van der Waals surface area contributed by atoms with Crippen molar-refractivity contribution in [3.63, 3.8) is 0 Å². The van der Waals surface area contributed by atoms with Crippen LogP contribution in [0.5, 0.6) is 0 Å². The van der Waals surface area contributed by atoms with Gasteiger partial charge in [-0.2, -0.15) is 0 Å². The summed E-state index contributed by atoms with van der Waals surface area (Å²) in [6.45, 7) is 10.9. The molecule has 0 aliphatic heterocycles. The van der Waals surface area contributed by atoms with E-state index in [0.29, 0.717) is 0 Å². The maximum atomic E-state index is 5.17. The van der Waals surface area contributed by atoms with Crippen molar-refractivity contribution in [3.8, 4) is 0 Å². The fourth-order valence-corrected chi connectivity index (χ4v) is 1.98. The summed E-state index contributed by atoms with van der Waals surface area (Å²) in [5.74, 6) is 1.06. The second-order valence-corrected chi connectivity index (χ2v) is 4.53. The van der Waals surface area contributed by atoms with Crippen LogP contribution < -0.4 is 10.2 Å². The van der Waals surface area contributed by atoms with E-state index in [1.165, 1.54) is 5.56 Å². The highest BCUT2D eigenvalue weighted by Crippen LogP contribution is 2.15. The van der Waals surface area contributed by atoms with Crippen molar-refractivity contribution in [2.45, 2.75) is 33.7 Å². The molecule has 0 radical (unpaired) electrons. The van der Waals surface area contributed by atoms with Crippen LogP contribution in [-0.4, -0.2) is 38.3 Å². The minimum absolute atomic E-state index is 0.731. The topological polar surface area (TPSA) is 37.4 Å². The molecule has 1 aromatic heterocycles. The van der Waals surface area contributed by atoms with Crippen molar-refractivity contribution in [1.29, 1.82) is 0 Å². The van der Waals surface area contributed by atoms with Gasteiger partial charge < -0.3 is 15.0 Å². The number of likely N-dealkylation sites (N-methyl/N-ethyl adjacent to an activating group) is 1. The zero-order valence-corrected chi connectivity index (χ0v) is 12.7. The molecule has 1 aromatic rings. The Kier molecular flexibility index (Phi) is 7.45. The van der Waals surface area contributed by atoms with Crippen LogP contribution in [0.3, 0.4) is 0 Å². The normalized spacial score (nSPS) is 10.7. The molecule has 0 aliphatic rings. The Morgan fingerprint density at radius 3 is 2.63 bits per heavy atom. The average Bonchev–Trinajstić information content (AvgIpc) is 2.45. The van der Waals surface area contributed by atoms with Crippen LogP contribution in [0.25, 0.3) is 0 Å². The number of ether oxygens (including phenoxy) is 1. The Labute approximate surface area is 117 Å². The van der Waals surface area contributed by atoms with Gasteiger partial charge in [0, 0.05) is 32.4 Å². The van der Waals surface area contributed by atoms with Crippen LogP contribution in [0, 0.1) is 0 Å². The highest BCUT2D eigenvalue weighted by atomic mass is 16.5. The van der Waals surface area contributed by atoms with Gasteiger partial charge in [-0.15, -0.1) is 0 Å². The van der Waals surface area contributed by atoms with Crippen molar-refractivity contribution in [1.82, 2.24) is 10.3 Å². The van der Waals surface area contributed by atoms with Gasteiger partial charge in [0.05, 0.1) is 6.61 Å². The Morgan fingerprint density at radius 1 is 1.26 bits per heavy atom. The fraction of sp³-hybridized carbons (Fsp3) is 0.667. The summed E-state index contributed by atoms with van der Waals surface area (Å²) in [4.78, 5) is 6.99. The average molecular weight is 265 g/mol. The number of rotatable bonds is 9. The maximum absolute atomic E-state index is 5.17. The van der Waals surface area contributed by atoms with Gasteiger partial charge in [-0.05, 0) is 37.6 Å². The Hall–Kier alpha value is -1.13. The smallest absolute Gasteiger partial charge is 0.129 e. The summed E-state index contributed by atoms with van der Waals surface area (Å²) >= 11 is 0. The molecule has 0 fully saturated rings. The SMILES string of the molecule is CCNCc1cc(CC)nc(N(CC)CCOC)c1. The summed E-state index contributed by atoms with van der Waals surface area (Å²) in [5, 5.41) is 3.37. The molecular formula is C15H27N3O. The number of anilines is 1. The second-order valence-electron chi connectivity index (χ2n) is 4.53. The molecular weight excluding hydrogens is 238 g/mol. The van der Waals surface area contributed by atoms with Crippen LogP contribution in [0.1, 0.15) is 32.0 Å². The first-order valence-electron chi connectivity index (χ1n) is 7.19.